The van der Waals surface area contributed by atoms with E-state index in [0.717, 1.165) is 10.5 Å². The monoisotopic (exact) mass is 510 g/mol. The molecule has 154 valence electrons. The van der Waals surface area contributed by atoms with Crippen LogP contribution in [0.3, 0.4) is 0 Å². The van der Waals surface area contributed by atoms with Gasteiger partial charge in [-0.2, -0.15) is 0 Å². The van der Waals surface area contributed by atoms with E-state index in [1.54, 1.807) is 36.4 Å². The van der Waals surface area contributed by atoms with Crippen molar-refractivity contribution in [2.45, 2.75) is 0 Å². The fraction of sp³-hybridized carbons (Fsp3) is 0.0476. The standard InChI is InChI=1S/C21H14BrCl2FN2O3/c22-13-4-7-19(17(24)9-13)30-11-20(28)26-14-3-1-2-12(8-14)21(29)27-15-5-6-18(25)16(23)10-15/h1-10H,11H2,(H,26,28)(H,27,29). The van der Waals surface area contributed by atoms with Crippen molar-refractivity contribution in [3.63, 3.8) is 0 Å². The summed E-state index contributed by atoms with van der Waals surface area (Å²) in [6, 6.07) is 15.3. The van der Waals surface area contributed by atoms with Gasteiger partial charge in [-0.15, -0.1) is 0 Å². The van der Waals surface area contributed by atoms with Crippen LogP contribution in [0.5, 0.6) is 5.75 Å². The molecule has 0 saturated heterocycles. The van der Waals surface area contributed by atoms with Crippen LogP contribution in [0, 0.1) is 5.82 Å². The van der Waals surface area contributed by atoms with E-state index in [1.165, 1.54) is 18.2 Å². The Bertz CT molecular complexity index is 1110. The molecule has 2 amide bonds. The average Bonchev–Trinajstić information content (AvgIpc) is 2.70. The summed E-state index contributed by atoms with van der Waals surface area (Å²) in [5.41, 5.74) is 1.06. The number of carbonyl (C=O) groups is 2. The second-order valence-electron chi connectivity index (χ2n) is 6.08. The Morgan fingerprint density at radius 1 is 0.933 bits per heavy atom. The highest BCUT2D eigenvalue weighted by Gasteiger charge is 2.11. The van der Waals surface area contributed by atoms with E-state index in [0.29, 0.717) is 27.7 Å². The molecule has 0 aliphatic heterocycles. The highest BCUT2D eigenvalue weighted by Crippen LogP contribution is 2.27. The van der Waals surface area contributed by atoms with E-state index in [-0.39, 0.29) is 11.6 Å². The van der Waals surface area contributed by atoms with Crippen molar-refractivity contribution >= 4 is 62.3 Å². The number of benzene rings is 3. The van der Waals surface area contributed by atoms with Gasteiger partial charge in [0.25, 0.3) is 11.8 Å². The Morgan fingerprint density at radius 3 is 2.43 bits per heavy atom. The largest absolute Gasteiger partial charge is 0.482 e. The van der Waals surface area contributed by atoms with Crippen molar-refractivity contribution in [1.29, 1.82) is 0 Å². The number of nitrogens with one attached hydrogen (secondary N) is 2. The second-order valence-corrected chi connectivity index (χ2v) is 7.81. The highest BCUT2D eigenvalue weighted by atomic mass is 79.9. The SMILES string of the molecule is O=C(COc1ccc(Br)cc1Cl)Nc1cccc(C(=O)Nc2ccc(F)c(Cl)c2)c1. The van der Waals surface area contributed by atoms with Gasteiger partial charge in [-0.25, -0.2) is 4.39 Å². The van der Waals surface area contributed by atoms with Gasteiger partial charge in [0.1, 0.15) is 11.6 Å². The van der Waals surface area contributed by atoms with Crippen LogP contribution >= 0.6 is 39.1 Å². The number of ether oxygens (including phenoxy) is 1. The van der Waals surface area contributed by atoms with E-state index in [2.05, 4.69) is 26.6 Å². The van der Waals surface area contributed by atoms with E-state index in [1.807, 2.05) is 0 Å². The summed E-state index contributed by atoms with van der Waals surface area (Å²) in [5.74, 6) is -1.06. The molecule has 0 aromatic heterocycles. The molecule has 9 heteroatoms. The molecule has 3 aromatic carbocycles. The fourth-order valence-electron chi connectivity index (χ4n) is 2.45. The van der Waals surface area contributed by atoms with Crippen molar-refractivity contribution < 1.29 is 18.7 Å². The van der Waals surface area contributed by atoms with Gasteiger partial charge in [0.15, 0.2) is 6.61 Å². The normalized spacial score (nSPS) is 10.4. The van der Waals surface area contributed by atoms with Crippen LogP contribution in [0.15, 0.2) is 65.1 Å². The van der Waals surface area contributed by atoms with E-state index < -0.39 is 17.6 Å². The van der Waals surface area contributed by atoms with Crippen LogP contribution in [0.2, 0.25) is 10.0 Å². The van der Waals surface area contributed by atoms with Gasteiger partial charge >= 0.3 is 0 Å². The third-order valence-corrected chi connectivity index (χ3v) is 4.92. The van der Waals surface area contributed by atoms with Gasteiger partial charge in [-0.1, -0.05) is 45.2 Å². The summed E-state index contributed by atoms with van der Waals surface area (Å²) in [4.78, 5) is 24.6. The maximum absolute atomic E-state index is 13.2. The predicted octanol–water partition coefficient (Wildman–Crippen LogP) is 6.16. The van der Waals surface area contributed by atoms with Crippen LogP contribution in [0.25, 0.3) is 0 Å². The lowest BCUT2D eigenvalue weighted by atomic mass is 10.2. The van der Waals surface area contributed by atoms with Crippen molar-refractivity contribution in [2.75, 3.05) is 17.2 Å². The second kappa shape index (κ2) is 9.93. The maximum Gasteiger partial charge on any atom is 0.262 e. The molecule has 0 heterocycles. The first kappa shape index (κ1) is 22.1. The molecule has 0 unspecified atom stereocenters. The Kier molecular flexibility index (Phi) is 7.31. The zero-order chi connectivity index (χ0) is 21.7. The van der Waals surface area contributed by atoms with Crippen molar-refractivity contribution in [3.8, 4) is 5.75 Å². The highest BCUT2D eigenvalue weighted by molar-refractivity contribution is 9.10. The lowest BCUT2D eigenvalue weighted by molar-refractivity contribution is -0.118. The molecule has 30 heavy (non-hydrogen) atoms. The minimum Gasteiger partial charge on any atom is -0.482 e. The number of amides is 2. The van der Waals surface area contributed by atoms with Crippen molar-refractivity contribution in [3.05, 3.63) is 86.6 Å². The predicted molar refractivity (Wildman–Crippen MR) is 119 cm³/mol. The molecule has 0 radical (unpaired) electrons. The van der Waals surface area contributed by atoms with Crippen LogP contribution in [-0.4, -0.2) is 18.4 Å². The topological polar surface area (TPSA) is 67.4 Å². The quantitative estimate of drug-likeness (QED) is 0.416. The lowest BCUT2D eigenvalue weighted by Gasteiger charge is -2.10. The maximum atomic E-state index is 13.2. The third kappa shape index (κ3) is 5.95. The van der Waals surface area contributed by atoms with Gasteiger partial charge < -0.3 is 15.4 Å². The molecule has 2 N–H and O–H groups in total. The minimum atomic E-state index is -0.578. The molecule has 3 rings (SSSR count). The number of rotatable bonds is 6. The molecular formula is C21H14BrCl2FN2O3. The molecule has 0 aliphatic rings. The molecule has 3 aromatic rings. The molecular weight excluding hydrogens is 498 g/mol. The van der Waals surface area contributed by atoms with E-state index in [9.17, 15) is 14.0 Å². The molecule has 0 fully saturated rings. The molecule has 0 bridgehead atoms. The minimum absolute atomic E-state index is 0.0975. The Morgan fingerprint density at radius 2 is 1.70 bits per heavy atom. The van der Waals surface area contributed by atoms with Gasteiger partial charge in [-0.3, -0.25) is 9.59 Å². The van der Waals surface area contributed by atoms with Crippen molar-refractivity contribution in [2.24, 2.45) is 0 Å². The first-order valence-corrected chi connectivity index (χ1v) is 10.1. The van der Waals surface area contributed by atoms with Gasteiger partial charge in [0.05, 0.1) is 10.0 Å². The first-order chi connectivity index (χ1) is 14.3. The molecule has 0 spiro atoms. The number of anilines is 2. The fourth-order valence-corrected chi connectivity index (χ4v) is 3.36. The Hall–Kier alpha value is -2.61. The van der Waals surface area contributed by atoms with Crippen molar-refractivity contribution in [1.82, 2.24) is 0 Å². The first-order valence-electron chi connectivity index (χ1n) is 8.56. The van der Waals surface area contributed by atoms with Crippen LogP contribution in [0.1, 0.15) is 10.4 Å². The zero-order valence-corrected chi connectivity index (χ0v) is 18.3. The summed E-state index contributed by atoms with van der Waals surface area (Å²) in [7, 11) is 0. The number of halogens is 4. The number of hydrogen-bond donors (Lipinski definition) is 2. The Balaban J connectivity index is 1.60. The summed E-state index contributed by atoms with van der Waals surface area (Å²) in [6.07, 6.45) is 0. The third-order valence-electron chi connectivity index (χ3n) is 3.84. The molecule has 0 saturated carbocycles. The summed E-state index contributed by atoms with van der Waals surface area (Å²) >= 11 is 15.1. The van der Waals surface area contributed by atoms with E-state index in [4.69, 9.17) is 27.9 Å². The molecule has 0 atom stereocenters. The van der Waals surface area contributed by atoms with Gasteiger partial charge in [-0.05, 0) is 54.6 Å². The van der Waals surface area contributed by atoms with E-state index >= 15 is 0 Å². The van der Waals surface area contributed by atoms with Crippen LogP contribution in [-0.2, 0) is 4.79 Å². The summed E-state index contributed by atoms with van der Waals surface area (Å²) in [5, 5.41) is 5.54. The van der Waals surface area contributed by atoms with Crippen LogP contribution in [0.4, 0.5) is 15.8 Å². The smallest absolute Gasteiger partial charge is 0.262 e. The average molecular weight is 512 g/mol. The van der Waals surface area contributed by atoms with Crippen LogP contribution < -0.4 is 15.4 Å². The number of hydrogen-bond acceptors (Lipinski definition) is 3. The molecule has 5 nitrogen and oxygen atoms in total. The summed E-state index contributed by atoms with van der Waals surface area (Å²) in [6.45, 7) is -0.258. The summed E-state index contributed by atoms with van der Waals surface area (Å²) < 4.78 is 19.4. The van der Waals surface area contributed by atoms with Gasteiger partial charge in [0.2, 0.25) is 0 Å². The molecule has 0 aliphatic carbocycles. The number of carbonyl (C=O) groups excluding carboxylic acids is 2. The Labute approximate surface area is 190 Å². The zero-order valence-electron chi connectivity index (χ0n) is 15.2. The lowest BCUT2D eigenvalue weighted by Crippen LogP contribution is -2.20. The van der Waals surface area contributed by atoms with Gasteiger partial charge in [0, 0.05) is 21.4 Å².